The first kappa shape index (κ1) is 12.5. The number of aromatic nitrogens is 1. The number of hydrogen-bond donors (Lipinski definition) is 2. The van der Waals surface area contributed by atoms with E-state index in [1.165, 1.54) is 11.3 Å². The zero-order valence-corrected chi connectivity index (χ0v) is 11.3. The summed E-state index contributed by atoms with van der Waals surface area (Å²) in [5, 5.41) is 8.88. The van der Waals surface area contributed by atoms with Gasteiger partial charge in [0, 0.05) is 11.9 Å². The van der Waals surface area contributed by atoms with E-state index in [4.69, 9.17) is 0 Å². The minimum Gasteiger partial charge on any atom is -0.316 e. The number of amides is 1. The smallest absolute Gasteiger partial charge is 0.230 e. The van der Waals surface area contributed by atoms with Crippen LogP contribution in [-0.2, 0) is 4.79 Å². The van der Waals surface area contributed by atoms with E-state index in [1.807, 2.05) is 5.38 Å². The summed E-state index contributed by atoms with van der Waals surface area (Å²) in [5.41, 5.74) is 1.04. The Morgan fingerprint density at radius 3 is 2.88 bits per heavy atom. The van der Waals surface area contributed by atoms with Gasteiger partial charge in [0.2, 0.25) is 5.91 Å². The summed E-state index contributed by atoms with van der Waals surface area (Å²) in [6, 6.07) is 0. The number of carbonyl (C=O) groups is 1. The van der Waals surface area contributed by atoms with Crippen molar-refractivity contribution in [3.8, 4) is 0 Å². The van der Waals surface area contributed by atoms with E-state index in [0.717, 1.165) is 23.9 Å². The largest absolute Gasteiger partial charge is 0.316 e. The molecule has 94 valence electrons. The molecule has 0 spiro atoms. The van der Waals surface area contributed by atoms with Gasteiger partial charge in [0.15, 0.2) is 5.13 Å². The second-order valence-electron chi connectivity index (χ2n) is 4.96. The van der Waals surface area contributed by atoms with Crippen LogP contribution in [0.1, 0.15) is 32.4 Å². The lowest BCUT2D eigenvalue weighted by Gasteiger charge is -2.12. The van der Waals surface area contributed by atoms with Gasteiger partial charge in [0.25, 0.3) is 0 Å². The quantitative estimate of drug-likeness (QED) is 0.867. The van der Waals surface area contributed by atoms with Gasteiger partial charge in [-0.1, -0.05) is 20.8 Å². The molecular formula is C12H19N3OS. The summed E-state index contributed by atoms with van der Waals surface area (Å²) in [7, 11) is 0. The molecule has 0 aliphatic carbocycles. The molecular weight excluding hydrogens is 234 g/mol. The van der Waals surface area contributed by atoms with Crippen molar-refractivity contribution < 1.29 is 4.79 Å². The molecule has 2 atom stereocenters. The van der Waals surface area contributed by atoms with Crippen LogP contribution >= 0.6 is 11.3 Å². The van der Waals surface area contributed by atoms with Gasteiger partial charge < -0.3 is 10.6 Å². The molecule has 0 saturated carbocycles. The van der Waals surface area contributed by atoms with E-state index in [1.54, 1.807) is 0 Å². The fraction of sp³-hybridized carbons (Fsp3) is 0.667. The third kappa shape index (κ3) is 2.84. The van der Waals surface area contributed by atoms with Crippen molar-refractivity contribution in [2.45, 2.75) is 26.7 Å². The first-order chi connectivity index (χ1) is 8.08. The van der Waals surface area contributed by atoms with Gasteiger partial charge in [0.1, 0.15) is 0 Å². The summed E-state index contributed by atoms with van der Waals surface area (Å²) >= 11 is 1.50. The molecule has 0 unspecified atom stereocenters. The van der Waals surface area contributed by atoms with Gasteiger partial charge in [0.05, 0.1) is 11.6 Å². The molecule has 1 amide bonds. The van der Waals surface area contributed by atoms with Gasteiger partial charge in [-0.2, -0.15) is 0 Å². The van der Waals surface area contributed by atoms with Crippen LogP contribution in [0.3, 0.4) is 0 Å². The monoisotopic (exact) mass is 253 g/mol. The summed E-state index contributed by atoms with van der Waals surface area (Å²) in [4.78, 5) is 16.4. The zero-order chi connectivity index (χ0) is 12.4. The molecule has 2 rings (SSSR count). The third-order valence-electron chi connectivity index (χ3n) is 3.20. The van der Waals surface area contributed by atoms with Crippen molar-refractivity contribution in [1.82, 2.24) is 10.3 Å². The molecule has 1 aromatic rings. The van der Waals surface area contributed by atoms with Crippen LogP contribution in [0.4, 0.5) is 5.13 Å². The standard InChI is InChI=1S/C12H19N3OS/c1-7(2)10-6-17-12(14-10)15-11(16)9-5-13-4-8(9)3/h6-9,13H,4-5H2,1-3H3,(H,14,15,16)/t8-,9-/m1/s1. The zero-order valence-electron chi connectivity index (χ0n) is 10.5. The second-order valence-corrected chi connectivity index (χ2v) is 5.82. The van der Waals surface area contributed by atoms with E-state index in [-0.39, 0.29) is 11.8 Å². The Balaban J connectivity index is 1.97. The van der Waals surface area contributed by atoms with E-state index in [9.17, 15) is 4.79 Å². The maximum absolute atomic E-state index is 12.0. The fourth-order valence-electron chi connectivity index (χ4n) is 1.97. The van der Waals surface area contributed by atoms with Gasteiger partial charge in [-0.25, -0.2) is 4.98 Å². The second kappa shape index (κ2) is 5.14. The van der Waals surface area contributed by atoms with Crippen LogP contribution in [0.25, 0.3) is 0 Å². The molecule has 0 radical (unpaired) electrons. The lowest BCUT2D eigenvalue weighted by molar-refractivity contribution is -0.120. The minimum absolute atomic E-state index is 0.0707. The number of thiazole rings is 1. The summed E-state index contributed by atoms with van der Waals surface area (Å²) in [6.45, 7) is 8.00. The number of rotatable bonds is 3. The average molecular weight is 253 g/mol. The topological polar surface area (TPSA) is 54.0 Å². The predicted octanol–water partition coefficient (Wildman–Crippen LogP) is 2.06. The highest BCUT2D eigenvalue weighted by Crippen LogP contribution is 2.23. The van der Waals surface area contributed by atoms with E-state index in [0.29, 0.717) is 11.8 Å². The highest BCUT2D eigenvalue weighted by molar-refractivity contribution is 7.13. The Hall–Kier alpha value is -0.940. The van der Waals surface area contributed by atoms with Crippen molar-refractivity contribution in [2.24, 2.45) is 11.8 Å². The van der Waals surface area contributed by atoms with Crippen molar-refractivity contribution >= 4 is 22.4 Å². The van der Waals surface area contributed by atoms with Gasteiger partial charge in [-0.3, -0.25) is 4.79 Å². The Kier molecular flexibility index (Phi) is 3.79. The Labute approximate surface area is 106 Å². The summed E-state index contributed by atoms with van der Waals surface area (Å²) in [6.07, 6.45) is 0. The molecule has 4 nitrogen and oxygen atoms in total. The molecule has 1 aliphatic heterocycles. The SMILES string of the molecule is CC(C)c1csc(NC(=O)[C@@H]2CNC[C@H]2C)n1. The van der Waals surface area contributed by atoms with Crippen molar-refractivity contribution in [3.63, 3.8) is 0 Å². The normalized spacial score (nSPS) is 24.2. The average Bonchev–Trinajstić information content (AvgIpc) is 2.86. The summed E-state index contributed by atoms with van der Waals surface area (Å²) < 4.78 is 0. The molecule has 2 heterocycles. The predicted molar refractivity (Wildman–Crippen MR) is 70.4 cm³/mol. The third-order valence-corrected chi connectivity index (χ3v) is 3.97. The van der Waals surface area contributed by atoms with Crippen LogP contribution < -0.4 is 10.6 Å². The summed E-state index contributed by atoms with van der Waals surface area (Å²) in [5.74, 6) is 0.970. The van der Waals surface area contributed by atoms with Crippen LogP contribution in [0.2, 0.25) is 0 Å². The highest BCUT2D eigenvalue weighted by Gasteiger charge is 2.29. The van der Waals surface area contributed by atoms with E-state index >= 15 is 0 Å². The molecule has 0 aromatic carbocycles. The Morgan fingerprint density at radius 2 is 2.35 bits per heavy atom. The first-order valence-electron chi connectivity index (χ1n) is 6.05. The lowest BCUT2D eigenvalue weighted by Crippen LogP contribution is -2.27. The van der Waals surface area contributed by atoms with Gasteiger partial charge >= 0.3 is 0 Å². The van der Waals surface area contributed by atoms with E-state index in [2.05, 4.69) is 36.4 Å². The minimum atomic E-state index is 0.0707. The maximum Gasteiger partial charge on any atom is 0.230 e. The Morgan fingerprint density at radius 1 is 1.59 bits per heavy atom. The molecule has 1 saturated heterocycles. The van der Waals surface area contributed by atoms with Crippen LogP contribution in [0.15, 0.2) is 5.38 Å². The molecule has 2 N–H and O–H groups in total. The van der Waals surface area contributed by atoms with Crippen molar-refractivity contribution in [1.29, 1.82) is 0 Å². The molecule has 1 fully saturated rings. The number of nitrogens with one attached hydrogen (secondary N) is 2. The molecule has 17 heavy (non-hydrogen) atoms. The molecule has 1 aliphatic rings. The number of anilines is 1. The van der Waals surface area contributed by atoms with Crippen LogP contribution in [0, 0.1) is 11.8 Å². The number of hydrogen-bond acceptors (Lipinski definition) is 4. The number of nitrogens with zero attached hydrogens (tertiary/aromatic N) is 1. The Bertz CT molecular complexity index is 402. The van der Waals surface area contributed by atoms with Crippen LogP contribution in [0.5, 0.6) is 0 Å². The molecule has 0 bridgehead atoms. The fourth-order valence-corrected chi connectivity index (χ4v) is 2.84. The number of carbonyl (C=O) groups excluding carboxylic acids is 1. The van der Waals surface area contributed by atoms with Crippen molar-refractivity contribution in [3.05, 3.63) is 11.1 Å². The van der Waals surface area contributed by atoms with Crippen LogP contribution in [-0.4, -0.2) is 24.0 Å². The molecule has 1 aromatic heterocycles. The van der Waals surface area contributed by atoms with Gasteiger partial charge in [-0.05, 0) is 18.4 Å². The molecule has 5 heteroatoms. The van der Waals surface area contributed by atoms with Crippen molar-refractivity contribution in [2.75, 3.05) is 18.4 Å². The highest BCUT2D eigenvalue weighted by atomic mass is 32.1. The van der Waals surface area contributed by atoms with E-state index < -0.39 is 0 Å². The van der Waals surface area contributed by atoms with Gasteiger partial charge in [-0.15, -0.1) is 11.3 Å². The first-order valence-corrected chi connectivity index (χ1v) is 6.93. The lowest BCUT2D eigenvalue weighted by atomic mass is 9.97. The maximum atomic E-state index is 12.0.